The lowest BCUT2D eigenvalue weighted by atomic mass is 9.97. The fourth-order valence-corrected chi connectivity index (χ4v) is 1.28. The average molecular weight is 164 g/mol. The summed E-state index contributed by atoms with van der Waals surface area (Å²) in [5.74, 6) is -2.28. The fourth-order valence-electron chi connectivity index (χ4n) is 1.28. The number of hydrogen-bond donors (Lipinski definition) is 0. The molecule has 0 nitrogen and oxygen atoms in total. The first-order valence-corrected chi connectivity index (χ1v) is 4.21. The summed E-state index contributed by atoms with van der Waals surface area (Å²) >= 11 is 0. The highest BCUT2D eigenvalue weighted by Crippen LogP contribution is 2.29. The average Bonchev–Trinajstić information content (AvgIpc) is 1.53. The van der Waals surface area contributed by atoms with Gasteiger partial charge in [0.15, 0.2) is 0 Å². The number of hydrogen-bond acceptors (Lipinski definition) is 0. The minimum atomic E-state index is -2.46. The second-order valence-electron chi connectivity index (χ2n) is 4.05. The predicted octanol–water partition coefficient (Wildman–Crippen LogP) is 3.71. The normalized spacial score (nSPS) is 13.1. The molecule has 0 aliphatic heterocycles. The van der Waals surface area contributed by atoms with Crippen LogP contribution in [-0.2, 0) is 0 Å². The first kappa shape index (κ1) is 10.9. The molecule has 0 heterocycles. The van der Waals surface area contributed by atoms with Crippen LogP contribution < -0.4 is 0 Å². The van der Waals surface area contributed by atoms with Gasteiger partial charge in [0.2, 0.25) is 5.92 Å². The molecule has 0 atom stereocenters. The van der Waals surface area contributed by atoms with E-state index in [1.54, 1.807) is 0 Å². The van der Waals surface area contributed by atoms with Crippen molar-refractivity contribution in [3.63, 3.8) is 0 Å². The van der Waals surface area contributed by atoms with Crippen molar-refractivity contribution in [1.29, 1.82) is 0 Å². The molecule has 0 aliphatic rings. The highest BCUT2D eigenvalue weighted by atomic mass is 19.3. The van der Waals surface area contributed by atoms with Crippen molar-refractivity contribution in [1.82, 2.24) is 0 Å². The molecule has 0 aromatic rings. The van der Waals surface area contributed by atoms with Crippen molar-refractivity contribution >= 4 is 0 Å². The molecule has 0 saturated heterocycles. The Morgan fingerprint density at radius 1 is 0.909 bits per heavy atom. The van der Waals surface area contributed by atoms with Gasteiger partial charge >= 0.3 is 0 Å². The van der Waals surface area contributed by atoms with Crippen LogP contribution in [0.4, 0.5) is 8.78 Å². The van der Waals surface area contributed by atoms with E-state index in [-0.39, 0.29) is 24.7 Å². The van der Waals surface area contributed by atoms with Crippen LogP contribution in [0.15, 0.2) is 0 Å². The van der Waals surface area contributed by atoms with E-state index >= 15 is 0 Å². The van der Waals surface area contributed by atoms with Gasteiger partial charge < -0.3 is 0 Å². The van der Waals surface area contributed by atoms with Gasteiger partial charge in [-0.1, -0.05) is 27.7 Å². The molecule has 0 radical (unpaired) electrons. The first-order valence-electron chi connectivity index (χ1n) is 4.21. The number of halogens is 2. The highest BCUT2D eigenvalue weighted by Gasteiger charge is 2.30. The van der Waals surface area contributed by atoms with Crippen molar-refractivity contribution in [3.05, 3.63) is 0 Å². The van der Waals surface area contributed by atoms with E-state index in [1.807, 2.05) is 27.7 Å². The third-order valence-corrected chi connectivity index (χ3v) is 1.41. The summed E-state index contributed by atoms with van der Waals surface area (Å²) in [5.41, 5.74) is 0. The van der Waals surface area contributed by atoms with Crippen LogP contribution in [0.25, 0.3) is 0 Å². The molecule has 0 aromatic carbocycles. The summed E-state index contributed by atoms with van der Waals surface area (Å²) in [4.78, 5) is 0. The third-order valence-electron chi connectivity index (χ3n) is 1.41. The second-order valence-corrected chi connectivity index (χ2v) is 4.05. The van der Waals surface area contributed by atoms with Crippen LogP contribution in [0.3, 0.4) is 0 Å². The molecule has 0 saturated carbocycles. The van der Waals surface area contributed by atoms with E-state index in [0.717, 1.165) is 0 Å². The zero-order chi connectivity index (χ0) is 9.07. The van der Waals surface area contributed by atoms with E-state index in [0.29, 0.717) is 0 Å². The monoisotopic (exact) mass is 164 g/mol. The smallest absolute Gasteiger partial charge is 0.207 e. The summed E-state index contributed by atoms with van der Waals surface area (Å²) in [6.45, 7) is 7.31. The van der Waals surface area contributed by atoms with Crippen molar-refractivity contribution in [2.75, 3.05) is 0 Å². The Hall–Kier alpha value is -0.140. The van der Waals surface area contributed by atoms with Gasteiger partial charge in [-0.25, -0.2) is 8.78 Å². The third kappa shape index (κ3) is 6.27. The maximum atomic E-state index is 12.9. The lowest BCUT2D eigenvalue weighted by molar-refractivity contribution is -0.0372. The molecule has 0 fully saturated rings. The molecule has 0 spiro atoms. The molecular formula is C9H18F2. The second kappa shape index (κ2) is 4.03. The van der Waals surface area contributed by atoms with Crippen LogP contribution in [0.1, 0.15) is 40.5 Å². The maximum absolute atomic E-state index is 12.9. The summed E-state index contributed by atoms with van der Waals surface area (Å²) in [6.07, 6.45) is 0.0381. The van der Waals surface area contributed by atoms with Gasteiger partial charge in [0.25, 0.3) is 0 Å². The van der Waals surface area contributed by atoms with Crippen molar-refractivity contribution in [2.24, 2.45) is 11.8 Å². The molecule has 0 unspecified atom stereocenters. The summed E-state index contributed by atoms with van der Waals surface area (Å²) in [5, 5.41) is 0. The quantitative estimate of drug-likeness (QED) is 0.594. The van der Waals surface area contributed by atoms with Gasteiger partial charge in [-0.2, -0.15) is 0 Å². The minimum Gasteiger partial charge on any atom is -0.207 e. The highest BCUT2D eigenvalue weighted by molar-refractivity contribution is 4.69. The van der Waals surface area contributed by atoms with E-state index in [2.05, 4.69) is 0 Å². The van der Waals surface area contributed by atoms with Crippen molar-refractivity contribution < 1.29 is 8.78 Å². The molecule has 0 amide bonds. The van der Waals surface area contributed by atoms with E-state index < -0.39 is 5.92 Å². The van der Waals surface area contributed by atoms with Gasteiger partial charge in [-0.3, -0.25) is 0 Å². The Kier molecular flexibility index (Phi) is 3.98. The zero-order valence-corrected chi connectivity index (χ0v) is 7.82. The minimum absolute atomic E-state index is 0.0190. The Morgan fingerprint density at radius 2 is 1.18 bits per heavy atom. The Morgan fingerprint density at radius 3 is 1.36 bits per heavy atom. The van der Waals surface area contributed by atoms with Crippen LogP contribution in [0, 0.1) is 11.8 Å². The van der Waals surface area contributed by atoms with E-state index in [1.165, 1.54) is 0 Å². The largest absolute Gasteiger partial charge is 0.248 e. The Balaban J connectivity index is 3.79. The van der Waals surface area contributed by atoms with Crippen molar-refractivity contribution in [3.8, 4) is 0 Å². The Bertz CT molecular complexity index is 94.1. The lowest BCUT2D eigenvalue weighted by Crippen LogP contribution is -2.20. The number of rotatable bonds is 4. The zero-order valence-electron chi connectivity index (χ0n) is 7.82. The SMILES string of the molecule is CC(C)CC(F)(F)CC(C)C. The molecule has 11 heavy (non-hydrogen) atoms. The van der Waals surface area contributed by atoms with E-state index in [9.17, 15) is 8.78 Å². The van der Waals surface area contributed by atoms with Crippen LogP contribution in [-0.4, -0.2) is 5.92 Å². The molecule has 0 aromatic heterocycles. The predicted molar refractivity (Wildman–Crippen MR) is 43.9 cm³/mol. The van der Waals surface area contributed by atoms with Gasteiger partial charge in [-0.15, -0.1) is 0 Å². The maximum Gasteiger partial charge on any atom is 0.248 e. The molecule has 2 heteroatoms. The lowest BCUT2D eigenvalue weighted by Gasteiger charge is -2.19. The molecule has 68 valence electrons. The molecule has 0 aliphatic carbocycles. The molecule has 0 N–H and O–H groups in total. The van der Waals surface area contributed by atoms with Crippen molar-refractivity contribution in [2.45, 2.75) is 46.5 Å². The summed E-state index contributed by atoms with van der Waals surface area (Å²) in [7, 11) is 0. The summed E-state index contributed by atoms with van der Waals surface area (Å²) in [6, 6.07) is 0. The van der Waals surface area contributed by atoms with Gasteiger partial charge in [-0.05, 0) is 11.8 Å². The van der Waals surface area contributed by atoms with Gasteiger partial charge in [0.1, 0.15) is 0 Å². The van der Waals surface area contributed by atoms with Crippen LogP contribution in [0.2, 0.25) is 0 Å². The fraction of sp³-hybridized carbons (Fsp3) is 1.00. The Labute approximate surface area is 68.0 Å². The first-order chi connectivity index (χ1) is 4.83. The molecule has 0 rings (SSSR count). The topological polar surface area (TPSA) is 0 Å². The van der Waals surface area contributed by atoms with Crippen LogP contribution in [0.5, 0.6) is 0 Å². The van der Waals surface area contributed by atoms with Gasteiger partial charge in [0, 0.05) is 12.8 Å². The summed E-state index contributed by atoms with van der Waals surface area (Å²) < 4.78 is 25.9. The van der Waals surface area contributed by atoms with Crippen LogP contribution >= 0.6 is 0 Å². The van der Waals surface area contributed by atoms with Gasteiger partial charge in [0.05, 0.1) is 0 Å². The molecular weight excluding hydrogens is 146 g/mol. The standard InChI is InChI=1S/C9H18F2/c1-7(2)5-9(10,11)6-8(3)4/h7-8H,5-6H2,1-4H3. The molecule has 0 bridgehead atoms. The van der Waals surface area contributed by atoms with E-state index in [4.69, 9.17) is 0 Å². The number of alkyl halides is 2.